The highest BCUT2D eigenvalue weighted by atomic mass is 79.9. The molecule has 6 heteroatoms. The first-order valence-electron chi connectivity index (χ1n) is 6.09. The van der Waals surface area contributed by atoms with Gasteiger partial charge in [0.05, 0.1) is 15.5 Å². The lowest BCUT2D eigenvalue weighted by molar-refractivity contribution is 0.0681. The van der Waals surface area contributed by atoms with Gasteiger partial charge in [0.1, 0.15) is 5.75 Å². The van der Waals surface area contributed by atoms with E-state index in [1.54, 1.807) is 17.0 Å². The molecular weight excluding hydrogens is 328 g/mol. The maximum atomic E-state index is 12.5. The van der Waals surface area contributed by atoms with Crippen molar-refractivity contribution in [3.8, 4) is 5.75 Å². The summed E-state index contributed by atoms with van der Waals surface area (Å²) in [4.78, 5) is 14.5. The molecule has 1 unspecified atom stereocenters. The second-order valence-corrected chi connectivity index (χ2v) is 5.90. The highest BCUT2D eigenvalue weighted by Gasteiger charge is 2.29. The number of carbonyl (C=O) groups is 1. The van der Waals surface area contributed by atoms with E-state index in [9.17, 15) is 9.90 Å². The van der Waals surface area contributed by atoms with Gasteiger partial charge in [0.25, 0.3) is 5.91 Å². The lowest BCUT2D eigenvalue weighted by atomic mass is 10.0. The van der Waals surface area contributed by atoms with E-state index < -0.39 is 0 Å². The smallest absolute Gasteiger partial charge is 0.254 e. The molecule has 0 aliphatic carbocycles. The van der Waals surface area contributed by atoms with Crippen molar-refractivity contribution in [3.05, 3.63) is 28.2 Å². The molecule has 1 aliphatic rings. The second-order valence-electron chi connectivity index (χ2n) is 4.58. The predicted octanol–water partition coefficient (Wildman–Crippen LogP) is 2.44. The summed E-state index contributed by atoms with van der Waals surface area (Å²) in [6, 6.07) is 4.61. The number of amides is 1. The molecule has 1 atom stereocenters. The van der Waals surface area contributed by atoms with Crippen molar-refractivity contribution in [2.75, 3.05) is 6.54 Å². The van der Waals surface area contributed by atoms with E-state index in [0.717, 1.165) is 19.3 Å². The van der Waals surface area contributed by atoms with Crippen LogP contribution in [0.4, 0.5) is 0 Å². The number of hydrogen-bond donors (Lipinski definition) is 2. The van der Waals surface area contributed by atoms with Crippen LogP contribution in [0.15, 0.2) is 22.7 Å². The van der Waals surface area contributed by atoms with Crippen LogP contribution in [0.3, 0.4) is 0 Å². The van der Waals surface area contributed by atoms with Crippen molar-refractivity contribution >= 4 is 39.0 Å². The summed E-state index contributed by atoms with van der Waals surface area (Å²) in [7, 11) is 0. The molecule has 0 saturated carbocycles. The van der Waals surface area contributed by atoms with Crippen LogP contribution in [0.2, 0.25) is 0 Å². The number of carbonyl (C=O) groups excluding carboxylic acids is 1. The van der Waals surface area contributed by atoms with Crippen LogP contribution in [0.5, 0.6) is 5.75 Å². The SMILES string of the molecule is NC(=S)C1CCCCN1C(=O)c1ccc(Br)c(O)c1. The summed E-state index contributed by atoms with van der Waals surface area (Å²) in [5.41, 5.74) is 6.16. The Morgan fingerprint density at radius 2 is 2.21 bits per heavy atom. The number of aromatic hydroxyl groups is 1. The summed E-state index contributed by atoms with van der Waals surface area (Å²) in [6.45, 7) is 0.650. The van der Waals surface area contributed by atoms with E-state index in [1.165, 1.54) is 6.07 Å². The van der Waals surface area contributed by atoms with Crippen LogP contribution in [0.25, 0.3) is 0 Å². The predicted molar refractivity (Wildman–Crippen MR) is 81.3 cm³/mol. The molecule has 19 heavy (non-hydrogen) atoms. The molecule has 1 aromatic rings. The van der Waals surface area contributed by atoms with Gasteiger partial charge < -0.3 is 15.7 Å². The molecule has 0 aromatic heterocycles. The Hall–Kier alpha value is -1.14. The number of benzene rings is 1. The summed E-state index contributed by atoms with van der Waals surface area (Å²) in [5.74, 6) is -0.0879. The molecule has 1 heterocycles. The number of nitrogens with zero attached hydrogens (tertiary/aromatic N) is 1. The fraction of sp³-hybridized carbons (Fsp3) is 0.385. The first-order valence-corrected chi connectivity index (χ1v) is 7.29. The molecule has 0 spiro atoms. The summed E-state index contributed by atoms with van der Waals surface area (Å²) < 4.78 is 0.564. The molecule has 0 radical (unpaired) electrons. The van der Waals surface area contributed by atoms with Crippen molar-refractivity contribution < 1.29 is 9.90 Å². The molecule has 2 rings (SSSR count). The third-order valence-corrected chi connectivity index (χ3v) is 4.23. The third kappa shape index (κ3) is 3.06. The van der Waals surface area contributed by atoms with E-state index in [-0.39, 0.29) is 17.7 Å². The Balaban J connectivity index is 2.26. The fourth-order valence-electron chi connectivity index (χ4n) is 2.28. The monoisotopic (exact) mass is 342 g/mol. The van der Waals surface area contributed by atoms with E-state index in [2.05, 4.69) is 15.9 Å². The van der Waals surface area contributed by atoms with Gasteiger partial charge in [0.15, 0.2) is 0 Å². The van der Waals surface area contributed by atoms with E-state index in [0.29, 0.717) is 21.6 Å². The van der Waals surface area contributed by atoms with Crippen LogP contribution >= 0.6 is 28.1 Å². The van der Waals surface area contributed by atoms with Crippen molar-refractivity contribution in [3.63, 3.8) is 0 Å². The van der Waals surface area contributed by atoms with Gasteiger partial charge in [-0.25, -0.2) is 0 Å². The average Bonchev–Trinajstić information content (AvgIpc) is 2.41. The topological polar surface area (TPSA) is 66.6 Å². The zero-order valence-electron chi connectivity index (χ0n) is 10.3. The summed E-state index contributed by atoms with van der Waals surface area (Å²) in [5, 5.41) is 9.65. The van der Waals surface area contributed by atoms with E-state index in [1.807, 2.05) is 0 Å². The Labute approximate surface area is 125 Å². The Morgan fingerprint density at radius 1 is 1.47 bits per heavy atom. The zero-order valence-corrected chi connectivity index (χ0v) is 12.7. The highest BCUT2D eigenvalue weighted by molar-refractivity contribution is 9.10. The average molecular weight is 343 g/mol. The molecule has 3 N–H and O–H groups in total. The number of halogens is 1. The molecule has 1 amide bonds. The molecule has 0 bridgehead atoms. The van der Waals surface area contributed by atoms with Crippen molar-refractivity contribution in [1.82, 2.24) is 4.90 Å². The van der Waals surface area contributed by atoms with Gasteiger partial charge in [0.2, 0.25) is 0 Å². The molecule has 1 fully saturated rings. The Kier molecular flexibility index (Phi) is 4.42. The minimum Gasteiger partial charge on any atom is -0.507 e. The van der Waals surface area contributed by atoms with Gasteiger partial charge in [0, 0.05) is 12.1 Å². The maximum Gasteiger partial charge on any atom is 0.254 e. The minimum absolute atomic E-state index is 0.0507. The highest BCUT2D eigenvalue weighted by Crippen LogP contribution is 2.26. The van der Waals surface area contributed by atoms with E-state index in [4.69, 9.17) is 18.0 Å². The number of nitrogens with two attached hydrogens (primary N) is 1. The quantitative estimate of drug-likeness (QED) is 0.810. The number of thiocarbonyl (C=S) groups is 1. The van der Waals surface area contributed by atoms with Crippen LogP contribution in [0, 0.1) is 0 Å². The van der Waals surface area contributed by atoms with Gasteiger partial charge >= 0.3 is 0 Å². The van der Waals surface area contributed by atoms with Crippen LogP contribution in [-0.4, -0.2) is 33.5 Å². The minimum atomic E-state index is -0.179. The fourth-order valence-corrected chi connectivity index (χ4v) is 2.77. The largest absolute Gasteiger partial charge is 0.507 e. The zero-order chi connectivity index (χ0) is 14.0. The van der Waals surface area contributed by atoms with Gasteiger partial charge in [-0.1, -0.05) is 12.2 Å². The van der Waals surface area contributed by atoms with Gasteiger partial charge in [-0.3, -0.25) is 4.79 Å². The normalized spacial score (nSPS) is 19.2. The van der Waals surface area contributed by atoms with Crippen molar-refractivity contribution in [2.45, 2.75) is 25.3 Å². The van der Waals surface area contributed by atoms with Gasteiger partial charge in [-0.15, -0.1) is 0 Å². The van der Waals surface area contributed by atoms with Crippen LogP contribution < -0.4 is 5.73 Å². The maximum absolute atomic E-state index is 12.5. The number of phenols is 1. The standard InChI is InChI=1S/C13H15BrN2O2S/c14-9-5-4-8(7-11(9)17)13(18)16-6-2-1-3-10(16)12(15)19/h4-5,7,10,17H,1-3,6H2,(H2,15,19). The van der Waals surface area contributed by atoms with E-state index >= 15 is 0 Å². The van der Waals surface area contributed by atoms with Crippen LogP contribution in [-0.2, 0) is 0 Å². The summed E-state index contributed by atoms with van der Waals surface area (Å²) in [6.07, 6.45) is 2.79. The number of phenolic OH excluding ortho intramolecular Hbond substituents is 1. The van der Waals surface area contributed by atoms with Crippen LogP contribution in [0.1, 0.15) is 29.6 Å². The Bertz CT molecular complexity index is 521. The van der Waals surface area contributed by atoms with Crippen molar-refractivity contribution in [2.24, 2.45) is 5.73 Å². The van der Waals surface area contributed by atoms with Gasteiger partial charge in [-0.05, 0) is 53.4 Å². The number of hydrogen-bond acceptors (Lipinski definition) is 3. The Morgan fingerprint density at radius 3 is 2.84 bits per heavy atom. The van der Waals surface area contributed by atoms with Crippen molar-refractivity contribution in [1.29, 1.82) is 0 Å². The third-order valence-electron chi connectivity index (χ3n) is 3.29. The molecule has 1 saturated heterocycles. The lowest BCUT2D eigenvalue weighted by Gasteiger charge is -2.35. The van der Waals surface area contributed by atoms with Gasteiger partial charge in [-0.2, -0.15) is 0 Å². The number of rotatable bonds is 2. The summed E-state index contributed by atoms with van der Waals surface area (Å²) >= 11 is 8.23. The lowest BCUT2D eigenvalue weighted by Crippen LogP contribution is -2.49. The number of piperidine rings is 1. The molecule has 102 valence electrons. The molecule has 1 aromatic carbocycles. The second kappa shape index (κ2) is 5.88. The molecular formula is C13H15BrN2O2S. The molecule has 1 aliphatic heterocycles. The molecule has 4 nitrogen and oxygen atoms in total. The first kappa shape index (κ1) is 14.3. The first-order chi connectivity index (χ1) is 9.00. The number of likely N-dealkylation sites (tertiary alicyclic amines) is 1.